The van der Waals surface area contributed by atoms with Crippen LogP contribution < -0.4 is 10.9 Å². The number of hydrogen-bond donors (Lipinski definition) is 3. The molecule has 6 rings (SSSR count). The molecule has 0 aliphatic carbocycles. The van der Waals surface area contributed by atoms with Crippen molar-refractivity contribution in [1.29, 1.82) is 0 Å². The average Bonchev–Trinajstić information content (AvgIpc) is 3.67. The second kappa shape index (κ2) is 9.41. The maximum absolute atomic E-state index is 13.3. The summed E-state index contributed by atoms with van der Waals surface area (Å²) in [5.41, 5.74) is 3.04. The highest BCUT2D eigenvalue weighted by molar-refractivity contribution is 7.13. The molecular formula is C28H20N6O3S. The first-order chi connectivity index (χ1) is 18.5. The molecule has 0 unspecified atom stereocenters. The predicted octanol–water partition coefficient (Wildman–Crippen LogP) is 4.96. The van der Waals surface area contributed by atoms with E-state index in [2.05, 4.69) is 25.4 Å². The van der Waals surface area contributed by atoms with Gasteiger partial charge in [-0.15, -0.1) is 11.3 Å². The Morgan fingerprint density at radius 3 is 2.50 bits per heavy atom. The average molecular weight is 521 g/mol. The Hall–Kier alpha value is -5.09. The van der Waals surface area contributed by atoms with Crippen molar-refractivity contribution in [3.8, 4) is 27.8 Å². The number of H-pyrrole nitrogens is 2. The zero-order chi connectivity index (χ0) is 26.2. The van der Waals surface area contributed by atoms with Crippen LogP contribution in [0.2, 0.25) is 0 Å². The molecule has 4 aromatic heterocycles. The molecule has 38 heavy (non-hydrogen) atoms. The van der Waals surface area contributed by atoms with E-state index in [1.54, 1.807) is 19.1 Å². The quantitative estimate of drug-likeness (QED) is 0.211. The van der Waals surface area contributed by atoms with Crippen molar-refractivity contribution in [3.63, 3.8) is 0 Å². The summed E-state index contributed by atoms with van der Waals surface area (Å²) in [6, 6.07) is 23.4. The first kappa shape index (κ1) is 23.3. The topological polar surface area (TPSA) is 126 Å². The number of para-hydroxylation sites is 1. The summed E-state index contributed by atoms with van der Waals surface area (Å²) in [7, 11) is 0. The summed E-state index contributed by atoms with van der Waals surface area (Å²) in [5, 5.41) is 9.87. The molecule has 186 valence electrons. The van der Waals surface area contributed by atoms with E-state index < -0.39 is 11.7 Å². The van der Waals surface area contributed by atoms with E-state index in [4.69, 9.17) is 0 Å². The van der Waals surface area contributed by atoms with Crippen LogP contribution in [0.15, 0.2) is 89.0 Å². The van der Waals surface area contributed by atoms with Gasteiger partial charge in [0.05, 0.1) is 16.1 Å². The minimum Gasteiger partial charge on any atom is -0.358 e. The Balaban J connectivity index is 1.42. The number of rotatable bonds is 6. The molecule has 0 radical (unpaired) electrons. The summed E-state index contributed by atoms with van der Waals surface area (Å²) in [5.74, 6) is -1.23. The number of aromatic nitrogens is 5. The van der Waals surface area contributed by atoms with E-state index in [-0.39, 0.29) is 17.3 Å². The fourth-order valence-electron chi connectivity index (χ4n) is 4.33. The molecule has 0 bridgehead atoms. The molecule has 10 heteroatoms. The second-order valence-electron chi connectivity index (χ2n) is 8.58. The Bertz CT molecular complexity index is 1870. The fraction of sp³-hybridized carbons (Fsp3) is 0.0357. The minimum absolute atomic E-state index is 0.102. The highest BCUT2D eigenvalue weighted by Crippen LogP contribution is 2.28. The van der Waals surface area contributed by atoms with Gasteiger partial charge in [-0.05, 0) is 24.4 Å². The van der Waals surface area contributed by atoms with Gasteiger partial charge in [0.1, 0.15) is 11.5 Å². The van der Waals surface area contributed by atoms with Gasteiger partial charge in [-0.25, -0.2) is 4.98 Å². The van der Waals surface area contributed by atoms with Crippen molar-refractivity contribution < 1.29 is 9.59 Å². The molecule has 0 saturated heterocycles. The van der Waals surface area contributed by atoms with Crippen molar-refractivity contribution in [1.82, 2.24) is 24.7 Å². The summed E-state index contributed by atoms with van der Waals surface area (Å²) in [4.78, 5) is 50.4. The second-order valence-corrected chi connectivity index (χ2v) is 9.53. The van der Waals surface area contributed by atoms with E-state index in [1.807, 2.05) is 66.0 Å². The number of aryl methyl sites for hydroxylation is 1. The minimum atomic E-state index is -0.835. The van der Waals surface area contributed by atoms with Crippen LogP contribution in [-0.2, 0) is 4.79 Å². The number of ketones is 1. The smallest absolute Gasteiger partial charge is 0.298 e. The van der Waals surface area contributed by atoms with Gasteiger partial charge in [-0.1, -0.05) is 54.6 Å². The van der Waals surface area contributed by atoms with Crippen molar-refractivity contribution in [3.05, 3.63) is 106 Å². The zero-order valence-electron chi connectivity index (χ0n) is 20.1. The number of aromatic amines is 2. The lowest BCUT2D eigenvalue weighted by Gasteiger charge is -2.09. The summed E-state index contributed by atoms with van der Waals surface area (Å²) < 4.78 is 1.33. The zero-order valence-corrected chi connectivity index (χ0v) is 20.9. The molecule has 0 aliphatic heterocycles. The summed E-state index contributed by atoms with van der Waals surface area (Å²) in [6.45, 7) is 1.75. The number of carbonyl (C=O) groups is 2. The maximum Gasteiger partial charge on any atom is 0.298 e. The Morgan fingerprint density at radius 1 is 0.921 bits per heavy atom. The van der Waals surface area contributed by atoms with Gasteiger partial charge in [-0.2, -0.15) is 9.78 Å². The predicted molar refractivity (Wildman–Crippen MR) is 147 cm³/mol. The number of carbonyl (C=O) groups excluding carboxylic acids is 2. The standard InChI is InChI=1S/C28H20N6O3S/c1-16-25(18-10-5-6-11-19(18)29-16)26(36)27(37)31-23-14-21(22-12-7-13-38-22)33-34(23)28-30-20(15-24(35)32-28)17-8-3-2-4-9-17/h2-15,29H,1H3,(H,31,37)(H,30,32,35). The molecule has 0 aliphatic rings. The highest BCUT2D eigenvalue weighted by atomic mass is 32.1. The molecule has 3 N–H and O–H groups in total. The van der Waals surface area contributed by atoms with Crippen LogP contribution >= 0.6 is 11.3 Å². The molecular weight excluding hydrogens is 500 g/mol. The molecule has 1 amide bonds. The van der Waals surface area contributed by atoms with Crippen LogP contribution in [0.5, 0.6) is 0 Å². The SMILES string of the molecule is Cc1[nH]c2ccccc2c1C(=O)C(=O)Nc1cc(-c2cccs2)nn1-c1nc(-c2ccccc2)cc(=O)[nH]1. The Morgan fingerprint density at radius 2 is 1.71 bits per heavy atom. The van der Waals surface area contributed by atoms with Gasteiger partial charge in [0.2, 0.25) is 5.95 Å². The van der Waals surface area contributed by atoms with Crippen molar-refractivity contribution in [2.45, 2.75) is 6.92 Å². The van der Waals surface area contributed by atoms with Gasteiger partial charge < -0.3 is 10.3 Å². The fourth-order valence-corrected chi connectivity index (χ4v) is 5.02. The summed E-state index contributed by atoms with van der Waals surface area (Å²) in [6.07, 6.45) is 0. The van der Waals surface area contributed by atoms with E-state index >= 15 is 0 Å². The number of nitrogens with zero attached hydrogens (tertiary/aromatic N) is 3. The maximum atomic E-state index is 13.3. The van der Waals surface area contributed by atoms with E-state index in [1.165, 1.54) is 22.1 Å². The number of thiophene rings is 1. The normalized spacial score (nSPS) is 11.1. The number of nitrogens with one attached hydrogen (secondary N) is 3. The van der Waals surface area contributed by atoms with Crippen molar-refractivity contribution >= 4 is 39.7 Å². The highest BCUT2D eigenvalue weighted by Gasteiger charge is 2.25. The lowest BCUT2D eigenvalue weighted by molar-refractivity contribution is -0.112. The monoisotopic (exact) mass is 520 g/mol. The van der Waals surface area contributed by atoms with Crippen LogP contribution in [0.25, 0.3) is 38.7 Å². The first-order valence-corrected chi connectivity index (χ1v) is 12.6. The summed E-state index contributed by atoms with van der Waals surface area (Å²) >= 11 is 1.47. The molecule has 4 heterocycles. The van der Waals surface area contributed by atoms with Crippen molar-refractivity contribution in [2.75, 3.05) is 5.32 Å². The molecule has 6 aromatic rings. The number of hydrogen-bond acceptors (Lipinski definition) is 6. The van der Waals surface area contributed by atoms with E-state index in [9.17, 15) is 14.4 Å². The Labute approximate surface area is 219 Å². The molecule has 9 nitrogen and oxygen atoms in total. The van der Waals surface area contributed by atoms with Crippen LogP contribution in [0.3, 0.4) is 0 Å². The third kappa shape index (κ3) is 4.22. The van der Waals surface area contributed by atoms with Gasteiger partial charge in [0.25, 0.3) is 17.2 Å². The molecule has 0 atom stereocenters. The molecule has 0 spiro atoms. The molecule has 0 fully saturated rings. The van der Waals surface area contributed by atoms with E-state index in [0.29, 0.717) is 28.0 Å². The van der Waals surface area contributed by atoms with Gasteiger partial charge >= 0.3 is 0 Å². The third-order valence-corrected chi connectivity index (χ3v) is 6.94. The van der Waals surface area contributed by atoms with Gasteiger partial charge in [-0.3, -0.25) is 19.4 Å². The van der Waals surface area contributed by atoms with Gasteiger partial charge in [0.15, 0.2) is 0 Å². The number of amides is 1. The van der Waals surface area contributed by atoms with Gasteiger partial charge in [0, 0.05) is 34.3 Å². The number of anilines is 1. The van der Waals surface area contributed by atoms with Crippen LogP contribution in [0.1, 0.15) is 16.1 Å². The molecule has 2 aromatic carbocycles. The van der Waals surface area contributed by atoms with E-state index in [0.717, 1.165) is 16.0 Å². The lowest BCUT2D eigenvalue weighted by atomic mass is 10.1. The largest absolute Gasteiger partial charge is 0.358 e. The first-order valence-electron chi connectivity index (χ1n) is 11.7. The lowest BCUT2D eigenvalue weighted by Crippen LogP contribution is -2.25. The van der Waals surface area contributed by atoms with Crippen LogP contribution in [0, 0.1) is 6.92 Å². The number of benzene rings is 2. The number of Topliss-reactive ketones (excluding diaryl/α,β-unsaturated/α-hetero) is 1. The number of fused-ring (bicyclic) bond motifs is 1. The third-order valence-electron chi connectivity index (χ3n) is 6.05. The van der Waals surface area contributed by atoms with Crippen molar-refractivity contribution in [2.24, 2.45) is 0 Å². The molecule has 0 saturated carbocycles. The Kier molecular flexibility index (Phi) is 5.78. The van der Waals surface area contributed by atoms with Crippen LogP contribution in [-0.4, -0.2) is 36.4 Å². The van der Waals surface area contributed by atoms with Crippen LogP contribution in [0.4, 0.5) is 5.82 Å².